The van der Waals surface area contributed by atoms with Gasteiger partial charge in [0.2, 0.25) is 12.4 Å². The van der Waals surface area contributed by atoms with Crippen LogP contribution >= 0.6 is 0 Å². The number of aryl methyl sites for hydroxylation is 1. The fraction of sp³-hybridized carbons (Fsp3) is 0.0588. The molecule has 0 N–H and O–H groups in total. The molecular weight excluding hydrogens is 248 g/mol. The average molecular weight is 262 g/mol. The minimum Gasteiger partial charge on any atom is -0.854 e. The third-order valence-corrected chi connectivity index (χ3v) is 3.15. The maximum absolute atomic E-state index is 12.1. The third-order valence-electron chi connectivity index (χ3n) is 3.15. The molecule has 98 valence electrons. The van der Waals surface area contributed by atoms with Gasteiger partial charge in [0.25, 0.3) is 0 Å². The van der Waals surface area contributed by atoms with E-state index in [0.717, 1.165) is 16.3 Å². The van der Waals surface area contributed by atoms with Crippen LogP contribution in [0.2, 0.25) is 0 Å². The zero-order valence-electron chi connectivity index (χ0n) is 11.2. The van der Waals surface area contributed by atoms with E-state index in [1.54, 1.807) is 16.9 Å². The molecule has 20 heavy (non-hydrogen) atoms. The molecule has 3 nitrogen and oxygen atoms in total. The monoisotopic (exact) mass is 262 g/mol. The molecule has 0 aliphatic heterocycles. The molecule has 0 saturated carbocycles. The number of fused-ring (bicyclic) bond motifs is 1. The largest absolute Gasteiger partial charge is 0.854 e. The quantitative estimate of drug-likeness (QED) is 0.395. The molecule has 0 aliphatic rings. The van der Waals surface area contributed by atoms with Gasteiger partial charge in [0.05, 0.1) is 5.90 Å². The van der Waals surface area contributed by atoms with Crippen LogP contribution in [0.5, 0.6) is 0 Å². The number of benzene rings is 2. The van der Waals surface area contributed by atoms with Crippen LogP contribution in [0.3, 0.4) is 0 Å². The van der Waals surface area contributed by atoms with Crippen LogP contribution in [-0.4, -0.2) is 5.90 Å². The lowest BCUT2D eigenvalue weighted by Crippen LogP contribution is -2.33. The van der Waals surface area contributed by atoms with Gasteiger partial charge in [-0.3, -0.25) is 0 Å². The second-order valence-corrected chi connectivity index (χ2v) is 4.73. The fourth-order valence-electron chi connectivity index (χ4n) is 2.13. The normalized spacial score (nSPS) is 11.8. The Hall–Kier alpha value is -2.68. The van der Waals surface area contributed by atoms with Crippen molar-refractivity contribution in [3.05, 3.63) is 78.1 Å². The van der Waals surface area contributed by atoms with Crippen LogP contribution in [0.25, 0.3) is 10.8 Å². The molecule has 3 rings (SSSR count). The number of hydrogen-bond acceptors (Lipinski definition) is 2. The van der Waals surface area contributed by atoms with E-state index in [1.165, 1.54) is 0 Å². The zero-order valence-corrected chi connectivity index (χ0v) is 11.2. The maximum Gasteiger partial charge on any atom is 0.210 e. The molecule has 0 atom stereocenters. The van der Waals surface area contributed by atoms with Gasteiger partial charge in [0.1, 0.15) is 0 Å². The topological polar surface area (TPSA) is 39.3 Å². The Kier molecular flexibility index (Phi) is 3.17. The van der Waals surface area contributed by atoms with Crippen molar-refractivity contribution < 1.29 is 9.78 Å². The molecule has 0 unspecified atom stereocenters. The standard InChI is InChI=1S/C17H14N2O/c1-13-5-4-8-15(11-13)17(20)18-19-10-9-14-6-2-3-7-16(14)12-19/h2-12H,1H3. The number of hydrogen-bond donors (Lipinski definition) is 0. The van der Waals surface area contributed by atoms with Crippen molar-refractivity contribution in [2.24, 2.45) is 5.10 Å². The first-order chi connectivity index (χ1) is 9.72. The van der Waals surface area contributed by atoms with Crippen molar-refractivity contribution in [1.82, 2.24) is 0 Å². The SMILES string of the molecule is Cc1cccc(/C([O-])=N/[n+]2ccc3ccccc3c2)c1. The second-order valence-electron chi connectivity index (χ2n) is 4.73. The molecule has 0 aliphatic carbocycles. The molecule has 3 aromatic rings. The van der Waals surface area contributed by atoms with E-state index in [9.17, 15) is 5.11 Å². The summed E-state index contributed by atoms with van der Waals surface area (Å²) in [6, 6.07) is 17.4. The molecule has 0 amide bonds. The summed E-state index contributed by atoms with van der Waals surface area (Å²) < 4.78 is 1.56. The van der Waals surface area contributed by atoms with Crippen molar-refractivity contribution >= 4 is 16.7 Å². The molecule has 0 spiro atoms. The summed E-state index contributed by atoms with van der Waals surface area (Å²) in [5.74, 6) is -0.242. The Morgan fingerprint density at radius 2 is 1.80 bits per heavy atom. The molecule has 3 heteroatoms. The van der Waals surface area contributed by atoms with Gasteiger partial charge in [-0.2, -0.15) is 0 Å². The summed E-state index contributed by atoms with van der Waals surface area (Å²) in [5, 5.41) is 18.4. The first-order valence-corrected chi connectivity index (χ1v) is 6.45. The lowest BCUT2D eigenvalue weighted by molar-refractivity contribution is -0.680. The van der Waals surface area contributed by atoms with Gasteiger partial charge < -0.3 is 5.11 Å². The highest BCUT2D eigenvalue weighted by Crippen LogP contribution is 2.09. The Bertz CT molecular complexity index is 794. The second kappa shape index (κ2) is 5.13. The van der Waals surface area contributed by atoms with E-state index >= 15 is 0 Å². The molecular formula is C17H14N2O. The van der Waals surface area contributed by atoms with Gasteiger partial charge in [0.15, 0.2) is 0 Å². The van der Waals surface area contributed by atoms with Gasteiger partial charge in [0, 0.05) is 11.5 Å². The fourth-order valence-corrected chi connectivity index (χ4v) is 2.13. The van der Waals surface area contributed by atoms with Crippen molar-refractivity contribution in [2.45, 2.75) is 6.92 Å². The smallest absolute Gasteiger partial charge is 0.210 e. The van der Waals surface area contributed by atoms with Crippen LogP contribution in [0, 0.1) is 6.92 Å². The molecule has 2 aromatic carbocycles. The Balaban J connectivity index is 2.00. The lowest BCUT2D eigenvalue weighted by atomic mass is 10.1. The van der Waals surface area contributed by atoms with Crippen molar-refractivity contribution in [3.63, 3.8) is 0 Å². The summed E-state index contributed by atoms with van der Waals surface area (Å²) in [4.78, 5) is 0. The highest BCUT2D eigenvalue weighted by molar-refractivity contribution is 5.90. The molecule has 1 aromatic heterocycles. The van der Waals surface area contributed by atoms with Crippen LogP contribution in [-0.2, 0) is 0 Å². The minimum atomic E-state index is -0.242. The zero-order chi connectivity index (χ0) is 13.9. The summed E-state index contributed by atoms with van der Waals surface area (Å²) in [7, 11) is 0. The van der Waals surface area contributed by atoms with Crippen LogP contribution in [0.1, 0.15) is 11.1 Å². The first-order valence-electron chi connectivity index (χ1n) is 6.45. The lowest BCUT2D eigenvalue weighted by Gasteiger charge is -2.07. The van der Waals surface area contributed by atoms with Crippen molar-refractivity contribution in [3.8, 4) is 0 Å². The van der Waals surface area contributed by atoms with Crippen LogP contribution in [0.4, 0.5) is 0 Å². The Morgan fingerprint density at radius 1 is 1.00 bits per heavy atom. The first kappa shape index (κ1) is 12.4. The van der Waals surface area contributed by atoms with Gasteiger partial charge in [-0.15, -0.1) is 0 Å². The summed E-state index contributed by atoms with van der Waals surface area (Å²) >= 11 is 0. The van der Waals surface area contributed by atoms with Crippen molar-refractivity contribution in [2.75, 3.05) is 0 Å². The van der Waals surface area contributed by atoms with Gasteiger partial charge in [-0.1, -0.05) is 52.7 Å². The van der Waals surface area contributed by atoms with E-state index in [2.05, 4.69) is 5.10 Å². The highest BCUT2D eigenvalue weighted by Gasteiger charge is 2.02. The predicted molar refractivity (Wildman–Crippen MR) is 77.3 cm³/mol. The van der Waals surface area contributed by atoms with E-state index in [1.807, 2.05) is 61.7 Å². The van der Waals surface area contributed by atoms with Gasteiger partial charge in [-0.05, 0) is 29.0 Å². The average Bonchev–Trinajstić information content (AvgIpc) is 2.47. The van der Waals surface area contributed by atoms with E-state index < -0.39 is 0 Å². The summed E-state index contributed by atoms with van der Waals surface area (Å²) in [6.45, 7) is 1.96. The summed E-state index contributed by atoms with van der Waals surface area (Å²) in [6.07, 6.45) is 3.64. The Morgan fingerprint density at radius 3 is 2.60 bits per heavy atom. The number of pyridine rings is 1. The molecule has 0 fully saturated rings. The molecule has 0 saturated heterocycles. The van der Waals surface area contributed by atoms with E-state index in [4.69, 9.17) is 0 Å². The number of nitrogens with zero attached hydrogens (tertiary/aromatic N) is 2. The molecule has 0 bridgehead atoms. The third kappa shape index (κ3) is 2.52. The minimum absolute atomic E-state index is 0.242. The van der Waals surface area contributed by atoms with Crippen LogP contribution < -0.4 is 9.78 Å². The number of aromatic nitrogens is 1. The van der Waals surface area contributed by atoms with E-state index in [-0.39, 0.29) is 5.90 Å². The summed E-state index contributed by atoms with van der Waals surface area (Å²) in [5.41, 5.74) is 1.65. The van der Waals surface area contributed by atoms with E-state index in [0.29, 0.717) is 5.56 Å². The predicted octanol–water partition coefficient (Wildman–Crippen LogP) is 2.01. The van der Waals surface area contributed by atoms with Crippen molar-refractivity contribution in [1.29, 1.82) is 0 Å². The van der Waals surface area contributed by atoms with Crippen LogP contribution in [0.15, 0.2) is 72.1 Å². The Labute approximate surface area is 117 Å². The molecule has 0 radical (unpaired) electrons. The highest BCUT2D eigenvalue weighted by atomic mass is 16.3. The van der Waals surface area contributed by atoms with Gasteiger partial charge in [-0.25, -0.2) is 0 Å². The number of rotatable bonds is 2. The molecule has 1 heterocycles. The maximum atomic E-state index is 12.1. The van der Waals surface area contributed by atoms with Gasteiger partial charge >= 0.3 is 0 Å².